The number of esters is 1. The van der Waals surface area contributed by atoms with Gasteiger partial charge in [0, 0.05) is 46.1 Å². The van der Waals surface area contributed by atoms with E-state index in [9.17, 15) is 47.9 Å². The maximum absolute atomic E-state index is 12.6. The van der Waals surface area contributed by atoms with Crippen molar-refractivity contribution in [3.05, 3.63) is 71.8 Å². The summed E-state index contributed by atoms with van der Waals surface area (Å²) in [6.07, 6.45) is 2.52. The predicted molar refractivity (Wildman–Crippen MR) is 228 cm³/mol. The summed E-state index contributed by atoms with van der Waals surface area (Å²) in [5.74, 6) is -5.62. The van der Waals surface area contributed by atoms with E-state index in [1.165, 1.54) is 0 Å². The number of amides is 8. The van der Waals surface area contributed by atoms with Gasteiger partial charge in [-0.15, -0.1) is 0 Å². The second-order valence-electron chi connectivity index (χ2n) is 13.5. The van der Waals surface area contributed by atoms with Crippen molar-refractivity contribution in [2.75, 3.05) is 59.5 Å². The molecule has 0 saturated heterocycles. The third kappa shape index (κ3) is 30.4. The molecule has 22 nitrogen and oxygen atoms in total. The average molecular weight is 1010 g/mol. The van der Waals surface area contributed by atoms with E-state index in [-0.39, 0.29) is 104 Å². The maximum Gasteiger partial charge on any atom is 0.332 e. The van der Waals surface area contributed by atoms with Gasteiger partial charge in [0.1, 0.15) is 38.8 Å². The fourth-order valence-corrected chi connectivity index (χ4v) is 4.83. The van der Waals surface area contributed by atoms with Crippen LogP contribution < -0.4 is 42.5 Å². The maximum atomic E-state index is 12.6. The van der Waals surface area contributed by atoms with Gasteiger partial charge in [-0.05, 0) is 17.5 Å². The number of aliphatic carboxylic acids is 1. The molecule has 8 amide bonds. The van der Waals surface area contributed by atoms with Crippen molar-refractivity contribution in [1.29, 1.82) is 0 Å². The van der Waals surface area contributed by atoms with E-state index < -0.39 is 66.1 Å². The first-order valence-electron chi connectivity index (χ1n) is 20.5. The molecular weight excluding hydrogens is 947 g/mol. The number of ether oxygens (including phenoxy) is 3. The molecule has 0 heterocycles. The molecule has 0 fully saturated rings. The van der Waals surface area contributed by atoms with Crippen molar-refractivity contribution in [3.8, 4) is 0 Å². The van der Waals surface area contributed by atoms with Crippen LogP contribution in [0.2, 0.25) is 0 Å². The van der Waals surface area contributed by atoms with Gasteiger partial charge >= 0.3 is 11.9 Å². The standard InChI is InChI=1S/C23H34N4O7.C19H26N4O7.Pd/c1-3-5-11-34-22(31)15-33-16-26-20(29)13-25-23(32)18(12-17-9-7-6-8-10-17)27-21(30)14-24-19(28)4-2;1-2-15(24)20-10-17(26)23-14(8-13-6-4-3-5-7-13)19(29)21-9-16(25)22-12-30-11-18(27)28;/h6-10,18H,3-5,11-16H2,1-2H3,(H,24,28)(H,25,32)(H,26,29)(H,27,30);3-7,14H,2,8-12H2,1H3,(H,20,24)(H,21,29)(H,22,25)(H,23,26)(H,27,28);/t18-;14-;/m00./s1. The molecular formula is C42H60N8O14Pd. The van der Waals surface area contributed by atoms with Crippen LogP contribution in [-0.2, 0) is 95.4 Å². The molecule has 2 rings (SSSR count). The number of unbranched alkanes of at least 4 members (excludes halogenated alkanes) is 1. The molecule has 2 aromatic rings. The Balaban J connectivity index is 0.00000125. The summed E-state index contributed by atoms with van der Waals surface area (Å²) in [5.41, 5.74) is 1.60. The molecule has 65 heavy (non-hydrogen) atoms. The summed E-state index contributed by atoms with van der Waals surface area (Å²) in [5, 5.41) is 28.0. The molecule has 0 aliphatic carbocycles. The summed E-state index contributed by atoms with van der Waals surface area (Å²) in [6, 6.07) is 16.1. The number of carboxylic acids is 1. The Kier molecular flexibility index (Phi) is 32.6. The minimum Gasteiger partial charge on any atom is -0.480 e. The molecule has 2 atom stereocenters. The molecule has 0 radical (unpaired) electrons. The number of carbonyl (C=O) groups excluding carboxylic acids is 9. The monoisotopic (exact) mass is 1010 g/mol. The first-order valence-corrected chi connectivity index (χ1v) is 20.5. The van der Waals surface area contributed by atoms with Crippen LogP contribution in [0.5, 0.6) is 0 Å². The fourth-order valence-electron chi connectivity index (χ4n) is 4.83. The first kappa shape index (κ1) is 58.7. The topological polar surface area (TPSA) is 315 Å². The molecule has 23 heteroatoms. The van der Waals surface area contributed by atoms with Crippen LogP contribution in [-0.4, -0.2) is 136 Å². The summed E-state index contributed by atoms with van der Waals surface area (Å²) in [4.78, 5) is 117. The Morgan fingerprint density at radius 1 is 0.523 bits per heavy atom. The summed E-state index contributed by atoms with van der Waals surface area (Å²) in [7, 11) is 0. The van der Waals surface area contributed by atoms with Gasteiger partial charge in [-0.3, -0.25) is 38.4 Å². The molecule has 0 unspecified atom stereocenters. The zero-order valence-electron chi connectivity index (χ0n) is 36.6. The van der Waals surface area contributed by atoms with E-state index in [1.807, 2.05) is 31.2 Å². The van der Waals surface area contributed by atoms with Crippen molar-refractivity contribution in [2.45, 2.75) is 71.4 Å². The largest absolute Gasteiger partial charge is 0.480 e. The number of carboxylic acid groups (broad SMARTS) is 1. The summed E-state index contributed by atoms with van der Waals surface area (Å²) < 4.78 is 14.6. The Bertz CT molecular complexity index is 1810. The Hall–Kier alpha value is -6.28. The molecule has 0 aliphatic rings. The zero-order chi connectivity index (χ0) is 47.5. The summed E-state index contributed by atoms with van der Waals surface area (Å²) in [6.45, 7) is 2.94. The Labute approximate surface area is 390 Å². The van der Waals surface area contributed by atoms with Crippen molar-refractivity contribution in [1.82, 2.24) is 42.5 Å². The average Bonchev–Trinajstić information content (AvgIpc) is 3.29. The van der Waals surface area contributed by atoms with Crippen LogP contribution in [0.1, 0.15) is 57.6 Å². The van der Waals surface area contributed by atoms with Crippen molar-refractivity contribution >= 4 is 59.2 Å². The van der Waals surface area contributed by atoms with Gasteiger partial charge in [0.2, 0.25) is 47.3 Å². The molecule has 362 valence electrons. The fraction of sp³-hybridized carbons (Fsp3) is 0.476. The number of hydrogen-bond donors (Lipinski definition) is 9. The molecule has 0 aromatic heterocycles. The normalized spacial score (nSPS) is 10.9. The van der Waals surface area contributed by atoms with Gasteiger partial charge in [0.05, 0.1) is 32.8 Å². The predicted octanol–water partition coefficient (Wildman–Crippen LogP) is -1.68. The van der Waals surface area contributed by atoms with Gasteiger partial charge in [0.15, 0.2) is 0 Å². The van der Waals surface area contributed by atoms with E-state index in [4.69, 9.17) is 14.6 Å². The first-order chi connectivity index (χ1) is 30.7. The van der Waals surface area contributed by atoms with Crippen LogP contribution in [0.3, 0.4) is 0 Å². The van der Waals surface area contributed by atoms with Crippen molar-refractivity contribution in [3.63, 3.8) is 0 Å². The molecule has 0 saturated carbocycles. The van der Waals surface area contributed by atoms with Gasteiger partial charge < -0.3 is 61.9 Å². The number of hydrogen-bond acceptors (Lipinski definition) is 13. The van der Waals surface area contributed by atoms with Crippen LogP contribution in [0.15, 0.2) is 60.7 Å². The van der Waals surface area contributed by atoms with Gasteiger partial charge in [-0.2, -0.15) is 0 Å². The zero-order valence-corrected chi connectivity index (χ0v) is 38.2. The van der Waals surface area contributed by atoms with E-state index in [2.05, 4.69) is 47.3 Å². The van der Waals surface area contributed by atoms with Crippen LogP contribution >= 0.6 is 0 Å². The van der Waals surface area contributed by atoms with Gasteiger partial charge in [-0.25, -0.2) is 9.59 Å². The quantitative estimate of drug-likeness (QED) is 0.0190. The number of nitrogens with one attached hydrogen (secondary N) is 8. The molecule has 0 aliphatic heterocycles. The number of benzene rings is 2. The van der Waals surface area contributed by atoms with Crippen molar-refractivity contribution in [2.24, 2.45) is 0 Å². The number of carbonyl (C=O) groups is 10. The van der Waals surface area contributed by atoms with Crippen LogP contribution in [0, 0.1) is 0 Å². The van der Waals surface area contributed by atoms with E-state index in [0.717, 1.165) is 24.0 Å². The van der Waals surface area contributed by atoms with Gasteiger partial charge in [-0.1, -0.05) is 87.9 Å². The molecule has 0 bridgehead atoms. The third-order valence-corrected chi connectivity index (χ3v) is 8.20. The minimum atomic E-state index is -1.17. The third-order valence-electron chi connectivity index (χ3n) is 8.20. The Morgan fingerprint density at radius 2 is 0.923 bits per heavy atom. The molecule has 9 N–H and O–H groups in total. The molecule has 0 spiro atoms. The van der Waals surface area contributed by atoms with E-state index in [1.54, 1.807) is 50.2 Å². The second-order valence-corrected chi connectivity index (χ2v) is 13.5. The number of rotatable bonds is 29. The van der Waals surface area contributed by atoms with Crippen LogP contribution in [0.4, 0.5) is 0 Å². The SMILES string of the molecule is CCC(=O)NCC(=O)N[C@@H](Cc1ccccc1)C(=O)NCC(=O)NCOCC(=O)O.CCCCOC(=O)COCNC(=O)CNC(=O)[C@H](Cc1ccccc1)NC(=O)CNC(=O)CC.[Pd]. The summed E-state index contributed by atoms with van der Waals surface area (Å²) >= 11 is 0. The van der Waals surface area contributed by atoms with Crippen molar-refractivity contribution < 1.29 is 87.7 Å². The Morgan fingerprint density at radius 3 is 1.31 bits per heavy atom. The van der Waals surface area contributed by atoms with Gasteiger partial charge in [0.25, 0.3) is 0 Å². The minimum absolute atomic E-state index is 0. The molecule has 2 aromatic carbocycles. The van der Waals surface area contributed by atoms with E-state index in [0.29, 0.717) is 6.61 Å². The van der Waals surface area contributed by atoms with E-state index >= 15 is 0 Å². The smallest absolute Gasteiger partial charge is 0.332 e. The van der Waals surface area contributed by atoms with Crippen LogP contribution in [0.25, 0.3) is 0 Å². The second kappa shape index (κ2) is 36.1.